The average molecular weight is 397 g/mol. The maximum Gasteiger partial charge on any atom is 0.192 e. The summed E-state index contributed by atoms with van der Waals surface area (Å²) in [5, 5.41) is 0.204. The third-order valence-electron chi connectivity index (χ3n) is 3.96. The summed E-state index contributed by atoms with van der Waals surface area (Å²) in [4.78, 5) is 10.7. The molecule has 0 aromatic carbocycles. The molecule has 124 valence electrons. The first-order valence-corrected chi connectivity index (χ1v) is 12.8. The fourth-order valence-corrected chi connectivity index (χ4v) is 4.05. The summed E-state index contributed by atoms with van der Waals surface area (Å²) in [7, 11) is -0.570. The summed E-state index contributed by atoms with van der Waals surface area (Å²) < 4.78 is 12.0. The Morgan fingerprint density at radius 2 is 1.95 bits per heavy atom. The fraction of sp³-hybridized carbons (Fsp3) is 0.800. The van der Waals surface area contributed by atoms with Crippen molar-refractivity contribution in [2.75, 3.05) is 0 Å². The molecule has 0 heterocycles. The van der Waals surface area contributed by atoms with Crippen LogP contribution in [0.5, 0.6) is 0 Å². The Bertz CT molecular complexity index is 353. The minimum absolute atomic E-state index is 0.0315. The Hall–Kier alpha value is 0.377. The summed E-state index contributed by atoms with van der Waals surface area (Å²) in [5.41, 5.74) is 0.737. The molecule has 0 rings (SSSR count). The molecule has 0 radical (unpaired) electrons. The van der Waals surface area contributed by atoms with Crippen LogP contribution in [0, 0.1) is 0 Å². The maximum atomic E-state index is 10.7. The lowest BCUT2D eigenvalue weighted by Crippen LogP contribution is -2.43. The highest BCUT2D eigenvalue weighted by Crippen LogP contribution is 2.38. The number of halogens is 1. The van der Waals surface area contributed by atoms with Crippen molar-refractivity contribution < 1.29 is 13.4 Å². The van der Waals surface area contributed by atoms with Crippen LogP contribution < -0.4 is 0 Å². The normalized spacial score (nSPS) is 16.7. The third-order valence-corrected chi connectivity index (χ3v) is 9.36. The smallest absolute Gasteiger partial charge is 0.192 e. The predicted molar refractivity (Wildman–Crippen MR) is 98.2 cm³/mol. The Morgan fingerprint density at radius 1 is 1.38 bits per heavy atom. The molecule has 0 N–H and O–H groups in total. The molecule has 0 aromatic rings. The first kappa shape index (κ1) is 21.4. The zero-order chi connectivity index (χ0) is 16.7. The van der Waals surface area contributed by atoms with E-state index in [2.05, 4.69) is 55.6 Å². The van der Waals surface area contributed by atoms with Gasteiger partial charge in [-0.1, -0.05) is 26.8 Å². The molecule has 0 aliphatic heterocycles. The van der Waals surface area contributed by atoms with Gasteiger partial charge in [-0.25, -0.2) is 0 Å². The molecule has 0 aromatic heterocycles. The molecule has 0 aliphatic carbocycles. The van der Waals surface area contributed by atoms with Crippen molar-refractivity contribution in [2.45, 2.75) is 77.8 Å². The van der Waals surface area contributed by atoms with E-state index in [9.17, 15) is 4.79 Å². The van der Waals surface area contributed by atoms with Crippen LogP contribution in [0.3, 0.4) is 0 Å². The highest BCUT2D eigenvalue weighted by molar-refractivity contribution is 9.49. The number of rotatable bonds is 9. The maximum absolute atomic E-state index is 10.7. The van der Waals surface area contributed by atoms with Gasteiger partial charge in [-0.15, -0.1) is 0 Å². The highest BCUT2D eigenvalue weighted by atomic mass is 79.9. The van der Waals surface area contributed by atoms with Crippen molar-refractivity contribution in [1.82, 2.24) is 0 Å². The lowest BCUT2D eigenvalue weighted by Gasteiger charge is -2.39. The van der Waals surface area contributed by atoms with Gasteiger partial charge in [-0.05, 0) is 50.4 Å². The molecule has 21 heavy (non-hydrogen) atoms. The molecule has 0 amide bonds. The van der Waals surface area contributed by atoms with Crippen LogP contribution in [0.2, 0.25) is 18.1 Å². The fourth-order valence-electron chi connectivity index (χ4n) is 1.69. The van der Waals surface area contributed by atoms with Gasteiger partial charge in [0.25, 0.3) is 0 Å². The SMILES string of the molecule is C/C(C=O)=C\C[C@H](C[C@@H](C)O[Si](C)(C)C(C)(C)C)OSBr. The number of aldehydes is 1. The largest absolute Gasteiger partial charge is 0.414 e. The van der Waals surface area contributed by atoms with Crippen LogP contribution in [0.1, 0.15) is 47.5 Å². The van der Waals surface area contributed by atoms with Crippen molar-refractivity contribution in [2.24, 2.45) is 0 Å². The molecular formula is C15H29BrO3SSi. The Kier molecular flexibility index (Phi) is 9.67. The molecule has 0 bridgehead atoms. The summed E-state index contributed by atoms with van der Waals surface area (Å²) in [6.45, 7) is 15.1. The summed E-state index contributed by atoms with van der Waals surface area (Å²) in [6.07, 6.45) is 4.49. The van der Waals surface area contributed by atoms with Gasteiger partial charge in [0.1, 0.15) is 6.29 Å². The number of carbonyl (C=O) groups is 1. The lowest BCUT2D eigenvalue weighted by molar-refractivity contribution is -0.104. The van der Waals surface area contributed by atoms with E-state index in [1.807, 2.05) is 6.08 Å². The van der Waals surface area contributed by atoms with Crippen LogP contribution >= 0.6 is 25.3 Å². The van der Waals surface area contributed by atoms with Crippen LogP contribution in [0.15, 0.2) is 11.6 Å². The second-order valence-corrected chi connectivity index (χ2v) is 12.9. The predicted octanol–water partition coefficient (Wildman–Crippen LogP) is 5.67. The molecule has 2 atom stereocenters. The molecule has 0 spiro atoms. The first-order chi connectivity index (χ1) is 9.53. The topological polar surface area (TPSA) is 35.5 Å². The van der Waals surface area contributed by atoms with Crippen molar-refractivity contribution in [3.05, 3.63) is 11.6 Å². The molecule has 6 heteroatoms. The van der Waals surface area contributed by atoms with E-state index in [-0.39, 0.29) is 17.2 Å². The zero-order valence-electron chi connectivity index (χ0n) is 14.2. The van der Waals surface area contributed by atoms with E-state index in [1.165, 1.54) is 10.5 Å². The van der Waals surface area contributed by atoms with Crippen molar-refractivity contribution in [3.8, 4) is 0 Å². The van der Waals surface area contributed by atoms with E-state index >= 15 is 0 Å². The summed E-state index contributed by atoms with van der Waals surface area (Å²) >= 11 is 3.23. The van der Waals surface area contributed by atoms with Gasteiger partial charge in [0.05, 0.1) is 16.6 Å². The van der Waals surface area contributed by atoms with Gasteiger partial charge in [0, 0.05) is 20.9 Å². The van der Waals surface area contributed by atoms with Crippen LogP contribution in [-0.2, 0) is 13.4 Å². The van der Waals surface area contributed by atoms with E-state index in [1.54, 1.807) is 6.92 Å². The lowest BCUT2D eigenvalue weighted by atomic mass is 10.1. The standard InChI is InChI=1S/C15H29BrO3SSi/c1-12(11-17)8-9-14(18-20-16)10-13(2)19-21(6,7)15(3,4)5/h8,11,13-14H,9-10H2,1-7H3/b12-8+/t13-,14-/m1/s1. The van der Waals surface area contributed by atoms with Gasteiger partial charge in [-0.2, -0.15) is 0 Å². The Balaban J connectivity index is 4.61. The average Bonchev–Trinajstić information content (AvgIpc) is 2.33. The van der Waals surface area contributed by atoms with Crippen LogP contribution in [0.25, 0.3) is 0 Å². The minimum Gasteiger partial charge on any atom is -0.414 e. The van der Waals surface area contributed by atoms with Gasteiger partial charge < -0.3 is 8.61 Å². The first-order valence-electron chi connectivity index (χ1n) is 7.27. The van der Waals surface area contributed by atoms with Crippen molar-refractivity contribution in [3.63, 3.8) is 0 Å². The van der Waals surface area contributed by atoms with Crippen LogP contribution in [0.4, 0.5) is 0 Å². The van der Waals surface area contributed by atoms with E-state index in [4.69, 9.17) is 8.61 Å². The molecule has 0 fully saturated rings. The van der Waals surface area contributed by atoms with Crippen molar-refractivity contribution in [1.29, 1.82) is 0 Å². The van der Waals surface area contributed by atoms with Gasteiger partial charge in [0.2, 0.25) is 0 Å². The summed E-state index contributed by atoms with van der Waals surface area (Å²) in [6, 6.07) is 0. The summed E-state index contributed by atoms with van der Waals surface area (Å²) in [5.74, 6) is 0. The molecule has 0 aliphatic rings. The van der Waals surface area contributed by atoms with Gasteiger partial charge in [0.15, 0.2) is 8.32 Å². The third kappa shape index (κ3) is 8.55. The van der Waals surface area contributed by atoms with E-state index in [0.29, 0.717) is 6.42 Å². The molecule has 3 nitrogen and oxygen atoms in total. The van der Waals surface area contributed by atoms with Gasteiger partial charge in [-0.3, -0.25) is 4.79 Å². The molecule has 0 saturated heterocycles. The number of carbonyl (C=O) groups excluding carboxylic acids is 1. The molecular weight excluding hydrogens is 368 g/mol. The molecule has 0 unspecified atom stereocenters. The second-order valence-electron chi connectivity index (χ2n) is 7.01. The molecule has 0 saturated carbocycles. The zero-order valence-corrected chi connectivity index (χ0v) is 17.6. The minimum atomic E-state index is -1.76. The highest BCUT2D eigenvalue weighted by Gasteiger charge is 2.38. The second kappa shape index (κ2) is 9.50. The Labute approximate surface area is 142 Å². The Morgan fingerprint density at radius 3 is 2.38 bits per heavy atom. The monoisotopic (exact) mass is 396 g/mol. The van der Waals surface area contributed by atoms with Crippen molar-refractivity contribution >= 4 is 39.9 Å². The van der Waals surface area contributed by atoms with Crippen LogP contribution in [-0.4, -0.2) is 26.8 Å². The quantitative estimate of drug-likeness (QED) is 0.217. The number of hydrogen-bond acceptors (Lipinski definition) is 4. The number of allylic oxidation sites excluding steroid dienone is 1. The van der Waals surface area contributed by atoms with Gasteiger partial charge >= 0.3 is 0 Å². The number of hydrogen-bond donors (Lipinski definition) is 0. The van der Waals surface area contributed by atoms with E-state index in [0.717, 1.165) is 18.3 Å². The van der Waals surface area contributed by atoms with E-state index < -0.39 is 8.32 Å².